The van der Waals surface area contributed by atoms with Gasteiger partial charge in [0.2, 0.25) is 5.91 Å². The summed E-state index contributed by atoms with van der Waals surface area (Å²) in [6.07, 6.45) is 4.93. The molecule has 1 aliphatic carbocycles. The van der Waals surface area contributed by atoms with Gasteiger partial charge in [-0.1, -0.05) is 33.1 Å². The van der Waals surface area contributed by atoms with E-state index in [0.717, 1.165) is 32.1 Å². The number of nitrogens with two attached hydrogens (primary N) is 1. The highest BCUT2D eigenvalue weighted by Gasteiger charge is 2.37. The summed E-state index contributed by atoms with van der Waals surface area (Å²) in [5.41, 5.74) is 5.50. The molecule has 0 heterocycles. The quantitative estimate of drug-likeness (QED) is 0.802. The van der Waals surface area contributed by atoms with Gasteiger partial charge in [-0.3, -0.25) is 4.79 Å². The van der Waals surface area contributed by atoms with Gasteiger partial charge in [0.15, 0.2) is 0 Å². The van der Waals surface area contributed by atoms with E-state index in [1.165, 1.54) is 0 Å². The summed E-state index contributed by atoms with van der Waals surface area (Å²) < 4.78 is 0. The number of hydrogen-bond acceptors (Lipinski definition) is 2. The van der Waals surface area contributed by atoms with Crippen LogP contribution >= 0.6 is 12.4 Å². The standard InChI is InChI=1S/C12H24N2O.ClH/c1-4-9(2)10(3)14-11(15)12(13)7-5-6-8-12;/h9-10H,4-8,13H2,1-3H3,(H,14,15);1H. The smallest absolute Gasteiger partial charge is 0.240 e. The largest absolute Gasteiger partial charge is 0.352 e. The molecule has 0 aromatic rings. The Morgan fingerprint density at radius 1 is 1.38 bits per heavy atom. The normalized spacial score (nSPS) is 22.0. The van der Waals surface area contributed by atoms with E-state index in [1.54, 1.807) is 0 Å². The first-order valence-corrected chi connectivity index (χ1v) is 6.09. The molecule has 4 heteroatoms. The van der Waals surface area contributed by atoms with Crippen molar-refractivity contribution < 1.29 is 4.79 Å². The van der Waals surface area contributed by atoms with Gasteiger partial charge in [0.25, 0.3) is 0 Å². The molecule has 1 amide bonds. The molecule has 96 valence electrons. The van der Waals surface area contributed by atoms with Crippen LogP contribution in [0.2, 0.25) is 0 Å². The lowest BCUT2D eigenvalue weighted by Gasteiger charge is -2.27. The van der Waals surface area contributed by atoms with Gasteiger partial charge in [-0.25, -0.2) is 0 Å². The van der Waals surface area contributed by atoms with Gasteiger partial charge < -0.3 is 11.1 Å². The number of carbonyl (C=O) groups is 1. The van der Waals surface area contributed by atoms with Gasteiger partial charge in [0.05, 0.1) is 5.54 Å². The molecule has 3 N–H and O–H groups in total. The van der Waals surface area contributed by atoms with Crippen LogP contribution in [-0.4, -0.2) is 17.5 Å². The molecule has 0 aromatic carbocycles. The third-order valence-electron chi connectivity index (χ3n) is 3.80. The van der Waals surface area contributed by atoms with Crippen molar-refractivity contribution >= 4 is 18.3 Å². The SMILES string of the molecule is CCC(C)C(C)NC(=O)C1(N)CCCC1.Cl. The molecule has 2 unspecified atom stereocenters. The second-order valence-corrected chi connectivity index (χ2v) is 5.01. The first-order valence-electron chi connectivity index (χ1n) is 6.09. The lowest BCUT2D eigenvalue weighted by atomic mass is 9.95. The average molecular weight is 249 g/mol. The molecule has 16 heavy (non-hydrogen) atoms. The predicted octanol–water partition coefficient (Wildman–Crippen LogP) is 2.23. The summed E-state index contributed by atoms with van der Waals surface area (Å²) in [5, 5.41) is 3.05. The Kier molecular flexibility index (Phi) is 6.34. The first-order chi connectivity index (χ1) is 6.99. The predicted molar refractivity (Wildman–Crippen MR) is 69.7 cm³/mol. The second kappa shape index (κ2) is 6.45. The molecule has 1 fully saturated rings. The Balaban J connectivity index is 0.00000225. The van der Waals surface area contributed by atoms with Crippen LogP contribution in [0.3, 0.4) is 0 Å². The van der Waals surface area contributed by atoms with Crippen molar-refractivity contribution in [2.45, 2.75) is 64.5 Å². The van der Waals surface area contributed by atoms with E-state index >= 15 is 0 Å². The average Bonchev–Trinajstić information content (AvgIpc) is 2.65. The highest BCUT2D eigenvalue weighted by atomic mass is 35.5. The van der Waals surface area contributed by atoms with Crippen molar-refractivity contribution in [2.75, 3.05) is 0 Å². The van der Waals surface area contributed by atoms with Gasteiger partial charge >= 0.3 is 0 Å². The van der Waals surface area contributed by atoms with Crippen LogP contribution in [-0.2, 0) is 4.79 Å². The number of rotatable bonds is 4. The van der Waals surface area contributed by atoms with Crippen molar-refractivity contribution in [1.82, 2.24) is 5.32 Å². The molecule has 0 saturated heterocycles. The third-order valence-corrected chi connectivity index (χ3v) is 3.80. The molecule has 1 saturated carbocycles. The third kappa shape index (κ3) is 3.63. The fourth-order valence-corrected chi connectivity index (χ4v) is 2.08. The first kappa shape index (κ1) is 15.7. The minimum atomic E-state index is -0.582. The van der Waals surface area contributed by atoms with Crippen LogP contribution in [0.15, 0.2) is 0 Å². The van der Waals surface area contributed by atoms with Crippen LogP contribution in [0.1, 0.15) is 52.9 Å². The van der Waals surface area contributed by atoms with Crippen LogP contribution < -0.4 is 11.1 Å². The van der Waals surface area contributed by atoms with Crippen LogP contribution in [0.25, 0.3) is 0 Å². The maximum atomic E-state index is 12.0. The van der Waals surface area contributed by atoms with Gasteiger partial charge in [-0.05, 0) is 25.7 Å². The molecule has 0 spiro atoms. The lowest BCUT2D eigenvalue weighted by molar-refractivity contribution is -0.127. The Labute approximate surface area is 105 Å². The summed E-state index contributed by atoms with van der Waals surface area (Å²) in [7, 11) is 0. The van der Waals surface area contributed by atoms with Crippen LogP contribution in [0.4, 0.5) is 0 Å². The van der Waals surface area contributed by atoms with Gasteiger partial charge in [0.1, 0.15) is 0 Å². The van der Waals surface area contributed by atoms with Crippen molar-refractivity contribution in [1.29, 1.82) is 0 Å². The highest BCUT2D eigenvalue weighted by Crippen LogP contribution is 2.27. The zero-order valence-electron chi connectivity index (χ0n) is 10.6. The summed E-state index contributed by atoms with van der Waals surface area (Å²) in [6.45, 7) is 6.36. The molecule has 0 radical (unpaired) electrons. The number of amides is 1. The van der Waals surface area contributed by atoms with Crippen LogP contribution in [0.5, 0.6) is 0 Å². The van der Waals surface area contributed by atoms with E-state index in [2.05, 4.69) is 26.1 Å². The van der Waals surface area contributed by atoms with Gasteiger partial charge in [-0.15, -0.1) is 12.4 Å². The Morgan fingerprint density at radius 2 is 1.88 bits per heavy atom. The molecular formula is C12H25ClN2O. The summed E-state index contributed by atoms with van der Waals surface area (Å²) >= 11 is 0. The van der Waals surface area contributed by atoms with Crippen molar-refractivity contribution in [3.05, 3.63) is 0 Å². The molecule has 1 rings (SSSR count). The summed E-state index contributed by atoms with van der Waals surface area (Å²) in [5.74, 6) is 0.562. The van der Waals surface area contributed by atoms with E-state index in [-0.39, 0.29) is 24.4 Å². The topological polar surface area (TPSA) is 55.1 Å². The maximum Gasteiger partial charge on any atom is 0.240 e. The van der Waals surface area contributed by atoms with E-state index in [4.69, 9.17) is 5.73 Å². The molecule has 3 nitrogen and oxygen atoms in total. The lowest BCUT2D eigenvalue weighted by Crippen LogP contribution is -2.54. The Hall–Kier alpha value is -0.280. The fraction of sp³-hybridized carbons (Fsp3) is 0.917. The second-order valence-electron chi connectivity index (χ2n) is 5.01. The summed E-state index contributed by atoms with van der Waals surface area (Å²) in [6, 6.07) is 0.225. The van der Waals surface area contributed by atoms with E-state index in [0.29, 0.717) is 5.92 Å². The number of hydrogen-bond donors (Lipinski definition) is 2. The molecule has 0 aliphatic heterocycles. The zero-order chi connectivity index (χ0) is 11.5. The minimum Gasteiger partial charge on any atom is -0.352 e. The van der Waals surface area contributed by atoms with Crippen molar-refractivity contribution in [3.8, 4) is 0 Å². The molecule has 2 atom stereocenters. The van der Waals surface area contributed by atoms with E-state index < -0.39 is 5.54 Å². The molecule has 1 aliphatic rings. The monoisotopic (exact) mass is 248 g/mol. The van der Waals surface area contributed by atoms with Gasteiger partial charge in [-0.2, -0.15) is 0 Å². The van der Waals surface area contributed by atoms with E-state index in [9.17, 15) is 4.79 Å². The number of carbonyl (C=O) groups excluding carboxylic acids is 1. The van der Waals surface area contributed by atoms with Crippen molar-refractivity contribution in [2.24, 2.45) is 11.7 Å². The fourth-order valence-electron chi connectivity index (χ4n) is 2.08. The number of nitrogens with one attached hydrogen (secondary N) is 1. The summed E-state index contributed by atoms with van der Waals surface area (Å²) in [4.78, 5) is 12.0. The van der Waals surface area contributed by atoms with Crippen LogP contribution in [0, 0.1) is 5.92 Å². The highest BCUT2D eigenvalue weighted by molar-refractivity contribution is 5.86. The van der Waals surface area contributed by atoms with Crippen molar-refractivity contribution in [3.63, 3.8) is 0 Å². The molecule has 0 bridgehead atoms. The molecule has 0 aromatic heterocycles. The van der Waals surface area contributed by atoms with E-state index in [1.807, 2.05) is 0 Å². The van der Waals surface area contributed by atoms with Gasteiger partial charge in [0, 0.05) is 6.04 Å². The zero-order valence-corrected chi connectivity index (χ0v) is 11.4. The maximum absolute atomic E-state index is 12.0. The number of halogens is 1. The Morgan fingerprint density at radius 3 is 2.31 bits per heavy atom. The Bertz CT molecular complexity index is 227. The molecular weight excluding hydrogens is 224 g/mol. The minimum absolute atomic E-state index is 0.